The molecular weight excluding hydrogens is 178 g/mol. The van der Waals surface area contributed by atoms with Crippen LogP contribution in [0.3, 0.4) is 0 Å². The lowest BCUT2D eigenvalue weighted by atomic mass is 10.0. The largest absolute Gasteiger partial charge is 0.207 e. The lowest BCUT2D eigenvalue weighted by molar-refractivity contribution is 0.574. The number of thiol groups is 1. The molecule has 1 aromatic carbocycles. The van der Waals surface area contributed by atoms with Crippen molar-refractivity contribution in [2.24, 2.45) is 0 Å². The van der Waals surface area contributed by atoms with E-state index in [0.717, 1.165) is 6.07 Å². The van der Waals surface area contributed by atoms with E-state index in [1.165, 1.54) is 12.1 Å². The van der Waals surface area contributed by atoms with Crippen LogP contribution < -0.4 is 0 Å². The van der Waals surface area contributed by atoms with Gasteiger partial charge in [-0.1, -0.05) is 0 Å². The first-order valence-corrected chi connectivity index (χ1v) is 4.03. The molecule has 0 unspecified atom stereocenters. The van der Waals surface area contributed by atoms with Crippen molar-refractivity contribution in [2.45, 2.75) is 18.6 Å². The Labute approximate surface area is 76.0 Å². The Morgan fingerprint density at radius 2 is 1.50 bits per heavy atom. The molecule has 0 aliphatic heterocycles. The van der Waals surface area contributed by atoms with Gasteiger partial charge in [0.25, 0.3) is 0 Å². The summed E-state index contributed by atoms with van der Waals surface area (Å²) in [5, 5.41) is 0. The van der Waals surface area contributed by atoms with Crippen molar-refractivity contribution in [3.63, 3.8) is 0 Å². The molecule has 0 saturated heterocycles. The molecule has 0 aliphatic rings. The minimum Gasteiger partial charge on any atom is -0.207 e. The van der Waals surface area contributed by atoms with E-state index in [1.807, 2.05) is 0 Å². The molecular formula is C9H10F2S. The summed E-state index contributed by atoms with van der Waals surface area (Å²) in [4.78, 5) is 0. The van der Waals surface area contributed by atoms with Crippen molar-refractivity contribution in [2.75, 3.05) is 0 Å². The minimum absolute atomic E-state index is 0.511. The zero-order valence-electron chi connectivity index (χ0n) is 6.94. The zero-order chi connectivity index (χ0) is 9.35. The van der Waals surface area contributed by atoms with Crippen LogP contribution in [0.5, 0.6) is 0 Å². The van der Waals surface area contributed by atoms with Crippen molar-refractivity contribution in [3.8, 4) is 0 Å². The summed E-state index contributed by atoms with van der Waals surface area (Å²) < 4.78 is 24.9. The van der Waals surface area contributed by atoms with Gasteiger partial charge in [-0.05, 0) is 31.5 Å². The molecule has 0 spiro atoms. The van der Waals surface area contributed by atoms with Crippen molar-refractivity contribution in [3.05, 3.63) is 35.4 Å². The van der Waals surface area contributed by atoms with Gasteiger partial charge >= 0.3 is 0 Å². The highest BCUT2D eigenvalue weighted by atomic mass is 32.1. The van der Waals surface area contributed by atoms with Crippen LogP contribution in [-0.2, 0) is 4.75 Å². The van der Waals surface area contributed by atoms with Crippen LogP contribution >= 0.6 is 12.6 Å². The van der Waals surface area contributed by atoms with E-state index in [9.17, 15) is 8.78 Å². The topological polar surface area (TPSA) is 0 Å². The maximum absolute atomic E-state index is 12.7. The normalized spacial score (nSPS) is 11.8. The van der Waals surface area contributed by atoms with Gasteiger partial charge in [-0.25, -0.2) is 8.78 Å². The minimum atomic E-state index is -0.563. The van der Waals surface area contributed by atoms with E-state index in [4.69, 9.17) is 0 Å². The van der Waals surface area contributed by atoms with E-state index in [0.29, 0.717) is 5.56 Å². The summed E-state index contributed by atoms with van der Waals surface area (Å²) in [5.74, 6) is -1.13. The second kappa shape index (κ2) is 3.05. The molecule has 0 fully saturated rings. The third-order valence-corrected chi connectivity index (χ3v) is 1.83. The van der Waals surface area contributed by atoms with Gasteiger partial charge in [0, 0.05) is 10.8 Å². The third-order valence-electron chi connectivity index (χ3n) is 1.57. The highest BCUT2D eigenvalue weighted by molar-refractivity contribution is 7.81. The van der Waals surface area contributed by atoms with Gasteiger partial charge in [0.2, 0.25) is 0 Å². The highest BCUT2D eigenvalue weighted by Crippen LogP contribution is 2.27. The quantitative estimate of drug-likeness (QED) is 0.643. The molecule has 0 aromatic heterocycles. The SMILES string of the molecule is CC(C)(S)c1cc(F)cc(F)c1. The molecule has 12 heavy (non-hydrogen) atoms. The Kier molecular flexibility index (Phi) is 2.42. The summed E-state index contributed by atoms with van der Waals surface area (Å²) in [6.07, 6.45) is 0. The van der Waals surface area contributed by atoms with E-state index < -0.39 is 16.4 Å². The van der Waals surface area contributed by atoms with Gasteiger partial charge in [-0.2, -0.15) is 12.6 Å². The van der Waals surface area contributed by atoms with Gasteiger partial charge in [0.15, 0.2) is 0 Å². The fraction of sp³-hybridized carbons (Fsp3) is 0.333. The van der Waals surface area contributed by atoms with E-state index in [1.54, 1.807) is 13.8 Å². The predicted molar refractivity (Wildman–Crippen MR) is 48.4 cm³/mol. The Hall–Kier alpha value is -0.570. The number of benzene rings is 1. The molecule has 3 heteroatoms. The smallest absolute Gasteiger partial charge is 0.126 e. The van der Waals surface area contributed by atoms with Gasteiger partial charge < -0.3 is 0 Å². The highest BCUT2D eigenvalue weighted by Gasteiger charge is 2.16. The van der Waals surface area contributed by atoms with Crippen molar-refractivity contribution in [1.82, 2.24) is 0 Å². The molecule has 0 heterocycles. The summed E-state index contributed by atoms with van der Waals surface area (Å²) in [6.45, 7) is 3.56. The van der Waals surface area contributed by atoms with Crippen LogP contribution in [0.25, 0.3) is 0 Å². The molecule has 1 rings (SSSR count). The van der Waals surface area contributed by atoms with Gasteiger partial charge in [0.1, 0.15) is 11.6 Å². The summed E-state index contributed by atoms with van der Waals surface area (Å²) in [6, 6.07) is 3.43. The molecule has 0 nitrogen and oxygen atoms in total. The lowest BCUT2D eigenvalue weighted by Gasteiger charge is -2.17. The fourth-order valence-corrected chi connectivity index (χ4v) is 1.04. The summed E-state index contributed by atoms with van der Waals surface area (Å²) >= 11 is 4.21. The average molecular weight is 188 g/mol. The van der Waals surface area contributed by atoms with Crippen LogP contribution in [0, 0.1) is 11.6 Å². The second-order valence-corrected chi connectivity index (χ2v) is 4.34. The van der Waals surface area contributed by atoms with Crippen molar-refractivity contribution < 1.29 is 8.78 Å². The zero-order valence-corrected chi connectivity index (χ0v) is 7.83. The number of halogens is 2. The molecule has 0 bridgehead atoms. The van der Waals surface area contributed by atoms with Crippen LogP contribution in [0.2, 0.25) is 0 Å². The Morgan fingerprint density at radius 1 is 1.08 bits per heavy atom. The van der Waals surface area contributed by atoms with E-state index in [-0.39, 0.29) is 0 Å². The Bertz CT molecular complexity index is 269. The van der Waals surface area contributed by atoms with Crippen LogP contribution in [0.1, 0.15) is 19.4 Å². The van der Waals surface area contributed by atoms with Gasteiger partial charge in [-0.15, -0.1) is 0 Å². The summed E-state index contributed by atoms with van der Waals surface area (Å²) in [7, 11) is 0. The van der Waals surface area contributed by atoms with Crippen LogP contribution in [-0.4, -0.2) is 0 Å². The second-order valence-electron chi connectivity index (χ2n) is 3.22. The maximum atomic E-state index is 12.7. The molecule has 0 N–H and O–H groups in total. The van der Waals surface area contributed by atoms with Gasteiger partial charge in [-0.3, -0.25) is 0 Å². The van der Waals surface area contributed by atoms with Crippen LogP contribution in [0.4, 0.5) is 8.78 Å². The standard InChI is InChI=1S/C9H10F2S/c1-9(2,12)6-3-7(10)5-8(11)4-6/h3-5,12H,1-2H3. The van der Waals surface area contributed by atoms with E-state index >= 15 is 0 Å². The first kappa shape index (κ1) is 9.52. The first-order valence-electron chi connectivity index (χ1n) is 3.58. The Balaban J connectivity index is 3.18. The molecule has 66 valence electrons. The maximum Gasteiger partial charge on any atom is 0.126 e. The Morgan fingerprint density at radius 3 is 1.83 bits per heavy atom. The first-order chi connectivity index (χ1) is 5.39. The predicted octanol–water partition coefficient (Wildman–Crippen LogP) is 3.13. The number of hydrogen-bond acceptors (Lipinski definition) is 1. The molecule has 0 saturated carbocycles. The average Bonchev–Trinajstić information content (AvgIpc) is 1.82. The summed E-state index contributed by atoms with van der Waals surface area (Å²) in [5.41, 5.74) is 0.545. The van der Waals surface area contributed by atoms with E-state index in [2.05, 4.69) is 12.6 Å². The fourth-order valence-electron chi connectivity index (χ4n) is 0.907. The number of hydrogen-bond donors (Lipinski definition) is 1. The lowest BCUT2D eigenvalue weighted by Crippen LogP contribution is -2.08. The molecule has 0 radical (unpaired) electrons. The van der Waals surface area contributed by atoms with Crippen molar-refractivity contribution >= 4 is 12.6 Å². The third kappa shape index (κ3) is 2.21. The van der Waals surface area contributed by atoms with Crippen LogP contribution in [0.15, 0.2) is 18.2 Å². The monoisotopic (exact) mass is 188 g/mol. The van der Waals surface area contributed by atoms with Gasteiger partial charge in [0.05, 0.1) is 0 Å². The molecule has 0 amide bonds. The molecule has 1 aromatic rings. The molecule has 0 aliphatic carbocycles. The van der Waals surface area contributed by atoms with Crippen molar-refractivity contribution in [1.29, 1.82) is 0 Å². The number of rotatable bonds is 1. The molecule has 0 atom stereocenters.